The van der Waals surface area contributed by atoms with Gasteiger partial charge in [0.25, 0.3) is 0 Å². The van der Waals surface area contributed by atoms with Gasteiger partial charge < -0.3 is 10.2 Å². The van der Waals surface area contributed by atoms with Crippen molar-refractivity contribution in [2.75, 3.05) is 50.8 Å². The molecule has 2 rings (SSSR count). The smallest absolute Gasteiger partial charge is 0.194 e. The minimum atomic E-state index is -2.97. The van der Waals surface area contributed by atoms with Crippen LogP contribution < -0.4 is 5.32 Å². The molecule has 1 aromatic rings. The standard InChI is InChI=1S/C18H30N4O2S/c1-3-19-18(20-10-15-25(23,24)4-2)22-13-11-21(12-14-22)16-17-8-6-5-7-9-17/h5-9H,3-4,10-16H2,1-2H3,(H,19,20). The van der Waals surface area contributed by atoms with Gasteiger partial charge in [-0.2, -0.15) is 0 Å². The van der Waals surface area contributed by atoms with E-state index in [4.69, 9.17) is 0 Å². The Labute approximate surface area is 151 Å². The Hall–Kier alpha value is -1.60. The molecule has 0 aromatic heterocycles. The number of benzene rings is 1. The number of hydrogen-bond acceptors (Lipinski definition) is 4. The van der Waals surface area contributed by atoms with E-state index in [0.29, 0.717) is 6.54 Å². The first-order valence-corrected chi connectivity index (χ1v) is 10.9. The van der Waals surface area contributed by atoms with Crippen LogP contribution in [0.5, 0.6) is 0 Å². The molecule has 1 saturated heterocycles. The molecule has 1 heterocycles. The van der Waals surface area contributed by atoms with Gasteiger partial charge in [0.15, 0.2) is 15.8 Å². The average molecular weight is 367 g/mol. The number of nitrogens with zero attached hydrogens (tertiary/aromatic N) is 3. The maximum atomic E-state index is 11.6. The predicted octanol–water partition coefficient (Wildman–Crippen LogP) is 1.20. The van der Waals surface area contributed by atoms with Gasteiger partial charge in [-0.3, -0.25) is 9.89 Å². The predicted molar refractivity (Wildman–Crippen MR) is 104 cm³/mol. The molecule has 0 saturated carbocycles. The minimum absolute atomic E-state index is 0.117. The number of sulfone groups is 1. The van der Waals surface area contributed by atoms with Crippen LogP contribution in [0.3, 0.4) is 0 Å². The van der Waals surface area contributed by atoms with Crippen molar-refractivity contribution in [1.82, 2.24) is 15.1 Å². The van der Waals surface area contributed by atoms with E-state index in [1.807, 2.05) is 13.0 Å². The highest BCUT2D eigenvalue weighted by Gasteiger charge is 2.19. The molecule has 0 radical (unpaired) electrons. The number of rotatable bonds is 7. The fourth-order valence-electron chi connectivity index (χ4n) is 2.82. The Morgan fingerprint density at radius 2 is 1.80 bits per heavy atom. The summed E-state index contributed by atoms with van der Waals surface area (Å²) in [4.78, 5) is 9.18. The lowest BCUT2D eigenvalue weighted by Gasteiger charge is -2.36. The number of guanidine groups is 1. The van der Waals surface area contributed by atoms with Crippen molar-refractivity contribution in [2.45, 2.75) is 20.4 Å². The maximum Gasteiger partial charge on any atom is 0.194 e. The summed E-state index contributed by atoms with van der Waals surface area (Å²) in [6.45, 7) is 9.54. The molecular weight excluding hydrogens is 336 g/mol. The first-order chi connectivity index (χ1) is 12.0. The van der Waals surface area contributed by atoms with E-state index < -0.39 is 9.84 Å². The summed E-state index contributed by atoms with van der Waals surface area (Å²) in [6.07, 6.45) is 0. The Morgan fingerprint density at radius 3 is 2.40 bits per heavy atom. The van der Waals surface area contributed by atoms with Crippen molar-refractivity contribution in [1.29, 1.82) is 0 Å². The lowest BCUT2D eigenvalue weighted by atomic mass is 10.2. The van der Waals surface area contributed by atoms with E-state index in [-0.39, 0.29) is 11.5 Å². The van der Waals surface area contributed by atoms with Crippen LogP contribution in [0.25, 0.3) is 0 Å². The zero-order chi connectivity index (χ0) is 18.1. The van der Waals surface area contributed by atoms with E-state index in [0.717, 1.165) is 45.2 Å². The van der Waals surface area contributed by atoms with Crippen LogP contribution in [0.4, 0.5) is 0 Å². The van der Waals surface area contributed by atoms with Crippen LogP contribution in [-0.2, 0) is 16.4 Å². The second-order valence-corrected chi connectivity index (χ2v) is 8.69. The Bertz CT molecular complexity index is 638. The van der Waals surface area contributed by atoms with Gasteiger partial charge in [-0.25, -0.2) is 8.42 Å². The fourth-order valence-corrected chi connectivity index (χ4v) is 3.48. The summed E-state index contributed by atoms with van der Waals surface area (Å²) < 4.78 is 23.2. The second kappa shape index (κ2) is 9.77. The molecule has 1 N–H and O–H groups in total. The monoisotopic (exact) mass is 366 g/mol. The van der Waals surface area contributed by atoms with E-state index >= 15 is 0 Å². The van der Waals surface area contributed by atoms with Crippen molar-refractivity contribution in [3.05, 3.63) is 35.9 Å². The first-order valence-electron chi connectivity index (χ1n) is 9.04. The number of piperazine rings is 1. The summed E-state index contributed by atoms with van der Waals surface area (Å²) >= 11 is 0. The van der Waals surface area contributed by atoms with E-state index in [2.05, 4.69) is 44.4 Å². The van der Waals surface area contributed by atoms with E-state index in [1.165, 1.54) is 5.56 Å². The van der Waals surface area contributed by atoms with Gasteiger partial charge >= 0.3 is 0 Å². The minimum Gasteiger partial charge on any atom is -0.357 e. The van der Waals surface area contributed by atoms with Crippen molar-refractivity contribution >= 4 is 15.8 Å². The van der Waals surface area contributed by atoms with Gasteiger partial charge in [0.05, 0.1) is 12.3 Å². The van der Waals surface area contributed by atoms with Crippen molar-refractivity contribution < 1.29 is 8.42 Å². The lowest BCUT2D eigenvalue weighted by molar-refractivity contribution is 0.172. The molecule has 140 valence electrons. The van der Waals surface area contributed by atoms with Crippen molar-refractivity contribution in [2.24, 2.45) is 4.99 Å². The van der Waals surface area contributed by atoms with Crippen LogP contribution in [0, 0.1) is 0 Å². The molecule has 1 aromatic carbocycles. The Kier molecular flexibility index (Phi) is 7.71. The molecule has 25 heavy (non-hydrogen) atoms. The molecule has 1 aliphatic heterocycles. The molecule has 0 spiro atoms. The largest absolute Gasteiger partial charge is 0.357 e. The summed E-state index contributed by atoms with van der Waals surface area (Å²) in [7, 11) is -2.97. The quantitative estimate of drug-likeness (QED) is 0.580. The van der Waals surface area contributed by atoms with Gasteiger partial charge in [-0.05, 0) is 12.5 Å². The fraction of sp³-hybridized carbons (Fsp3) is 0.611. The highest BCUT2D eigenvalue weighted by Crippen LogP contribution is 2.08. The maximum absolute atomic E-state index is 11.6. The van der Waals surface area contributed by atoms with Crippen LogP contribution in [0.15, 0.2) is 35.3 Å². The molecule has 6 nitrogen and oxygen atoms in total. The third kappa shape index (κ3) is 6.66. The average Bonchev–Trinajstić information content (AvgIpc) is 2.62. The van der Waals surface area contributed by atoms with Gasteiger partial charge in [0.1, 0.15) is 0 Å². The third-order valence-corrected chi connectivity index (χ3v) is 6.04. The Morgan fingerprint density at radius 1 is 1.12 bits per heavy atom. The number of nitrogens with one attached hydrogen (secondary N) is 1. The zero-order valence-corrected chi connectivity index (χ0v) is 16.1. The molecule has 0 unspecified atom stereocenters. The molecule has 0 amide bonds. The van der Waals surface area contributed by atoms with Gasteiger partial charge in [0.2, 0.25) is 0 Å². The van der Waals surface area contributed by atoms with Crippen LogP contribution >= 0.6 is 0 Å². The molecular formula is C18H30N4O2S. The summed E-state index contributed by atoms with van der Waals surface area (Å²) in [6, 6.07) is 10.5. The highest BCUT2D eigenvalue weighted by molar-refractivity contribution is 7.91. The number of aliphatic imine (C=N–C) groups is 1. The normalized spacial score (nSPS) is 16.9. The Balaban J connectivity index is 1.86. The highest BCUT2D eigenvalue weighted by atomic mass is 32.2. The van der Waals surface area contributed by atoms with Gasteiger partial charge in [-0.15, -0.1) is 0 Å². The third-order valence-electron chi connectivity index (χ3n) is 4.36. The van der Waals surface area contributed by atoms with Crippen LogP contribution in [-0.4, -0.2) is 75.0 Å². The van der Waals surface area contributed by atoms with Crippen LogP contribution in [0.2, 0.25) is 0 Å². The van der Waals surface area contributed by atoms with E-state index in [9.17, 15) is 8.42 Å². The summed E-state index contributed by atoms with van der Waals surface area (Å²) in [5.41, 5.74) is 1.33. The number of hydrogen-bond donors (Lipinski definition) is 1. The SMILES string of the molecule is CCNC(=NCCS(=O)(=O)CC)N1CCN(Cc2ccccc2)CC1. The summed E-state index contributed by atoms with van der Waals surface area (Å²) in [5.74, 6) is 1.12. The molecule has 1 fully saturated rings. The van der Waals surface area contributed by atoms with Crippen LogP contribution in [0.1, 0.15) is 19.4 Å². The second-order valence-electron chi connectivity index (χ2n) is 6.22. The van der Waals surface area contributed by atoms with Gasteiger partial charge in [-0.1, -0.05) is 37.3 Å². The van der Waals surface area contributed by atoms with E-state index in [1.54, 1.807) is 6.92 Å². The molecule has 1 aliphatic rings. The van der Waals surface area contributed by atoms with Crippen molar-refractivity contribution in [3.63, 3.8) is 0 Å². The van der Waals surface area contributed by atoms with Crippen molar-refractivity contribution in [3.8, 4) is 0 Å². The first kappa shape index (κ1) is 19.7. The van der Waals surface area contributed by atoms with Gasteiger partial charge in [0, 0.05) is 45.0 Å². The molecule has 0 bridgehead atoms. The molecule has 0 atom stereocenters. The topological polar surface area (TPSA) is 65.0 Å². The molecule has 0 aliphatic carbocycles. The lowest BCUT2D eigenvalue weighted by Crippen LogP contribution is -2.52. The molecule has 7 heteroatoms. The zero-order valence-electron chi connectivity index (χ0n) is 15.3. The summed E-state index contributed by atoms with van der Waals surface area (Å²) in [5, 5.41) is 3.28.